The van der Waals surface area contributed by atoms with Crippen LogP contribution in [0.15, 0.2) is 52.1 Å². The standard InChI is InChI=1S/C21H22ClN3O3/c1-4-14(3)23-19(26)12-24-17-10-9-13(2)11-15(17)20(27)25(21(24)28)18-8-6-5-7-16(18)22/h5-11,14H,4,12H2,1-3H3,(H,23,26)/t14-/m0/s1. The Hall–Kier alpha value is -2.86. The highest BCUT2D eigenvalue weighted by molar-refractivity contribution is 6.32. The van der Waals surface area contributed by atoms with Crippen LogP contribution >= 0.6 is 11.6 Å². The highest BCUT2D eigenvalue weighted by Crippen LogP contribution is 2.18. The summed E-state index contributed by atoms with van der Waals surface area (Å²) < 4.78 is 2.35. The van der Waals surface area contributed by atoms with Crippen LogP contribution in [0.3, 0.4) is 0 Å². The van der Waals surface area contributed by atoms with Crippen LogP contribution in [0.4, 0.5) is 0 Å². The number of hydrogen-bond acceptors (Lipinski definition) is 3. The number of fused-ring (bicyclic) bond motifs is 1. The molecule has 0 bridgehead atoms. The molecule has 0 aliphatic heterocycles. The minimum absolute atomic E-state index is 0.00816. The largest absolute Gasteiger partial charge is 0.352 e. The van der Waals surface area contributed by atoms with E-state index in [1.54, 1.807) is 36.4 Å². The van der Waals surface area contributed by atoms with Gasteiger partial charge in [0.1, 0.15) is 6.54 Å². The summed E-state index contributed by atoms with van der Waals surface area (Å²) in [6, 6.07) is 11.9. The summed E-state index contributed by atoms with van der Waals surface area (Å²) in [4.78, 5) is 38.8. The van der Waals surface area contributed by atoms with Crippen molar-refractivity contribution in [3.63, 3.8) is 0 Å². The quantitative estimate of drug-likeness (QED) is 0.716. The van der Waals surface area contributed by atoms with E-state index in [1.165, 1.54) is 4.57 Å². The van der Waals surface area contributed by atoms with E-state index in [2.05, 4.69) is 5.32 Å². The zero-order valence-corrected chi connectivity index (χ0v) is 16.8. The second-order valence-corrected chi connectivity index (χ2v) is 7.27. The van der Waals surface area contributed by atoms with Crippen LogP contribution in [0, 0.1) is 6.92 Å². The number of hydrogen-bond donors (Lipinski definition) is 1. The average molecular weight is 400 g/mol. The van der Waals surface area contributed by atoms with E-state index >= 15 is 0 Å². The SMILES string of the molecule is CC[C@H](C)NC(=O)Cn1c(=O)n(-c2ccccc2Cl)c(=O)c2cc(C)ccc21. The number of aryl methyl sites for hydroxylation is 1. The molecule has 7 heteroatoms. The summed E-state index contributed by atoms with van der Waals surface area (Å²) in [6.45, 7) is 5.54. The summed E-state index contributed by atoms with van der Waals surface area (Å²) >= 11 is 6.24. The normalized spacial score (nSPS) is 12.1. The summed E-state index contributed by atoms with van der Waals surface area (Å²) in [5, 5.41) is 3.49. The lowest BCUT2D eigenvalue weighted by Crippen LogP contribution is -2.43. The molecule has 0 fully saturated rings. The first kappa shape index (κ1) is 19.9. The maximum atomic E-state index is 13.2. The first-order valence-electron chi connectivity index (χ1n) is 9.14. The fraction of sp³-hybridized carbons (Fsp3) is 0.286. The minimum atomic E-state index is -0.603. The summed E-state index contributed by atoms with van der Waals surface area (Å²) in [5.41, 5.74) is 0.524. The highest BCUT2D eigenvalue weighted by atomic mass is 35.5. The average Bonchev–Trinajstić information content (AvgIpc) is 2.66. The second-order valence-electron chi connectivity index (χ2n) is 6.86. The number of nitrogens with zero attached hydrogens (tertiary/aromatic N) is 2. The van der Waals surface area contributed by atoms with E-state index in [4.69, 9.17) is 11.6 Å². The Morgan fingerprint density at radius 1 is 1.18 bits per heavy atom. The molecule has 0 radical (unpaired) electrons. The molecule has 0 aliphatic rings. The number of amides is 1. The molecule has 1 amide bonds. The van der Waals surface area contributed by atoms with Crippen molar-refractivity contribution in [1.82, 2.24) is 14.5 Å². The van der Waals surface area contributed by atoms with Gasteiger partial charge < -0.3 is 5.32 Å². The Bertz CT molecular complexity index is 1160. The van der Waals surface area contributed by atoms with Crippen LogP contribution in [-0.2, 0) is 11.3 Å². The van der Waals surface area contributed by atoms with E-state index in [0.29, 0.717) is 16.6 Å². The van der Waals surface area contributed by atoms with Gasteiger partial charge in [0.05, 0.1) is 21.6 Å². The van der Waals surface area contributed by atoms with Gasteiger partial charge in [-0.2, -0.15) is 0 Å². The molecule has 0 saturated heterocycles. The Labute approximate surface area is 167 Å². The molecule has 0 spiro atoms. The van der Waals surface area contributed by atoms with Crippen molar-refractivity contribution in [2.45, 2.75) is 39.8 Å². The van der Waals surface area contributed by atoms with E-state index in [0.717, 1.165) is 16.6 Å². The lowest BCUT2D eigenvalue weighted by Gasteiger charge is -2.16. The monoisotopic (exact) mass is 399 g/mol. The maximum absolute atomic E-state index is 13.2. The topological polar surface area (TPSA) is 73.1 Å². The maximum Gasteiger partial charge on any atom is 0.336 e. The van der Waals surface area contributed by atoms with Gasteiger partial charge in [-0.15, -0.1) is 0 Å². The van der Waals surface area contributed by atoms with Crippen molar-refractivity contribution in [2.75, 3.05) is 0 Å². The Morgan fingerprint density at radius 3 is 2.57 bits per heavy atom. The predicted octanol–water partition coefficient (Wildman–Crippen LogP) is 3.03. The molecule has 1 aromatic heterocycles. The molecule has 28 heavy (non-hydrogen) atoms. The van der Waals surface area contributed by atoms with E-state index < -0.39 is 11.2 Å². The van der Waals surface area contributed by atoms with Gasteiger partial charge in [0.25, 0.3) is 5.56 Å². The molecule has 3 aromatic rings. The molecule has 6 nitrogen and oxygen atoms in total. The molecule has 1 N–H and O–H groups in total. The fourth-order valence-corrected chi connectivity index (χ4v) is 3.27. The molecule has 2 aromatic carbocycles. The van der Waals surface area contributed by atoms with Crippen LogP contribution < -0.4 is 16.6 Å². The van der Waals surface area contributed by atoms with E-state index in [1.807, 2.05) is 26.8 Å². The zero-order valence-electron chi connectivity index (χ0n) is 16.0. The second kappa shape index (κ2) is 8.02. The van der Waals surface area contributed by atoms with Crippen LogP contribution in [0.1, 0.15) is 25.8 Å². The van der Waals surface area contributed by atoms with Gasteiger partial charge in [-0.25, -0.2) is 9.36 Å². The van der Waals surface area contributed by atoms with Crippen molar-refractivity contribution < 1.29 is 4.79 Å². The number of nitrogens with one attached hydrogen (secondary N) is 1. The Kier molecular flexibility index (Phi) is 5.70. The summed E-state index contributed by atoms with van der Waals surface area (Å²) in [5.74, 6) is -0.289. The molecule has 0 unspecified atom stereocenters. The number of carbonyl (C=O) groups excluding carboxylic acids is 1. The summed E-state index contributed by atoms with van der Waals surface area (Å²) in [6.07, 6.45) is 0.777. The van der Waals surface area contributed by atoms with Crippen molar-refractivity contribution in [3.8, 4) is 5.69 Å². The van der Waals surface area contributed by atoms with Crippen molar-refractivity contribution in [3.05, 3.63) is 73.9 Å². The van der Waals surface area contributed by atoms with Crippen molar-refractivity contribution in [1.29, 1.82) is 0 Å². The third-order valence-corrected chi connectivity index (χ3v) is 5.03. The molecule has 0 saturated carbocycles. The van der Waals surface area contributed by atoms with Crippen LogP contribution in [0.25, 0.3) is 16.6 Å². The van der Waals surface area contributed by atoms with Crippen LogP contribution in [0.5, 0.6) is 0 Å². The number of halogens is 1. The number of carbonyl (C=O) groups is 1. The first-order chi connectivity index (χ1) is 13.3. The third-order valence-electron chi connectivity index (χ3n) is 4.71. The predicted molar refractivity (Wildman–Crippen MR) is 111 cm³/mol. The van der Waals surface area contributed by atoms with Crippen molar-refractivity contribution in [2.24, 2.45) is 0 Å². The molecular weight excluding hydrogens is 378 g/mol. The van der Waals surface area contributed by atoms with Gasteiger partial charge in [-0.05, 0) is 44.5 Å². The molecule has 1 atom stereocenters. The number of para-hydroxylation sites is 1. The summed E-state index contributed by atoms with van der Waals surface area (Å²) in [7, 11) is 0. The molecular formula is C21H22ClN3O3. The van der Waals surface area contributed by atoms with Gasteiger partial charge in [0, 0.05) is 6.04 Å². The number of rotatable bonds is 5. The van der Waals surface area contributed by atoms with Gasteiger partial charge in [-0.3, -0.25) is 14.2 Å². The molecule has 146 valence electrons. The van der Waals surface area contributed by atoms with Gasteiger partial charge in [0.15, 0.2) is 0 Å². The van der Waals surface area contributed by atoms with Crippen LogP contribution in [-0.4, -0.2) is 21.1 Å². The first-order valence-corrected chi connectivity index (χ1v) is 9.51. The van der Waals surface area contributed by atoms with E-state index in [9.17, 15) is 14.4 Å². The molecule has 3 rings (SSSR count). The minimum Gasteiger partial charge on any atom is -0.352 e. The molecule has 1 heterocycles. The number of aromatic nitrogens is 2. The fourth-order valence-electron chi connectivity index (χ4n) is 3.05. The van der Waals surface area contributed by atoms with Gasteiger partial charge >= 0.3 is 5.69 Å². The lowest BCUT2D eigenvalue weighted by molar-refractivity contribution is -0.122. The smallest absolute Gasteiger partial charge is 0.336 e. The lowest BCUT2D eigenvalue weighted by atomic mass is 10.1. The number of benzene rings is 2. The van der Waals surface area contributed by atoms with Gasteiger partial charge in [0.2, 0.25) is 5.91 Å². The van der Waals surface area contributed by atoms with Crippen molar-refractivity contribution >= 4 is 28.4 Å². The van der Waals surface area contributed by atoms with Crippen LogP contribution in [0.2, 0.25) is 5.02 Å². The zero-order chi connectivity index (χ0) is 20.4. The highest BCUT2D eigenvalue weighted by Gasteiger charge is 2.18. The molecule has 0 aliphatic carbocycles. The Morgan fingerprint density at radius 2 is 1.89 bits per heavy atom. The third kappa shape index (κ3) is 3.73. The Balaban J connectivity index is 2.28. The van der Waals surface area contributed by atoms with Gasteiger partial charge in [-0.1, -0.05) is 42.3 Å². The van der Waals surface area contributed by atoms with E-state index in [-0.39, 0.29) is 23.5 Å².